The molecule has 342 valence electrons. The van der Waals surface area contributed by atoms with Gasteiger partial charge in [0, 0.05) is 13.2 Å². The normalized spacial score (nSPS) is 24.1. The smallest absolute Gasteiger partial charge is 0.186 e. The van der Waals surface area contributed by atoms with Crippen molar-refractivity contribution in [1.29, 1.82) is 0 Å². The Bertz CT molecular complexity index is 901. The van der Waals surface area contributed by atoms with Gasteiger partial charge >= 0.3 is 0 Å². The van der Waals surface area contributed by atoms with Gasteiger partial charge in [0.1, 0.15) is 30.5 Å². The van der Waals surface area contributed by atoms with Crippen LogP contribution in [-0.2, 0) is 18.9 Å². The number of rotatable bonds is 37. The molecule has 1 fully saturated rings. The summed E-state index contributed by atoms with van der Waals surface area (Å²) in [4.78, 5) is 0. The van der Waals surface area contributed by atoms with Crippen LogP contribution >= 0.6 is 0 Å². The Morgan fingerprint density at radius 1 is 0.439 bits per heavy atom. The lowest BCUT2D eigenvalue weighted by Crippen LogP contribution is -2.59. The Morgan fingerprint density at radius 3 is 1.19 bits per heavy atom. The molecule has 1 rings (SSSR count). The van der Waals surface area contributed by atoms with E-state index in [2.05, 4.69) is 69.2 Å². The molecule has 1 heterocycles. The second-order valence-electron chi connectivity index (χ2n) is 20.2. The van der Waals surface area contributed by atoms with Gasteiger partial charge in [0.05, 0.1) is 19.8 Å². The zero-order valence-corrected chi connectivity index (χ0v) is 39.2. The summed E-state index contributed by atoms with van der Waals surface area (Å²) in [5.41, 5.74) is 0. The lowest BCUT2D eigenvalue weighted by molar-refractivity contribution is -0.306. The van der Waals surface area contributed by atoms with Gasteiger partial charge in [-0.1, -0.05) is 185 Å². The van der Waals surface area contributed by atoms with Crippen molar-refractivity contribution in [3.05, 3.63) is 0 Å². The van der Waals surface area contributed by atoms with Crippen molar-refractivity contribution < 1.29 is 39.4 Å². The summed E-state index contributed by atoms with van der Waals surface area (Å²) < 4.78 is 23.9. The Hall–Kier alpha value is -0.320. The monoisotopic (exact) mass is 815 g/mol. The topological polar surface area (TPSA) is 118 Å². The van der Waals surface area contributed by atoms with Crippen LogP contribution < -0.4 is 0 Å². The van der Waals surface area contributed by atoms with E-state index in [9.17, 15) is 20.4 Å². The van der Waals surface area contributed by atoms with Crippen LogP contribution in [0.2, 0.25) is 0 Å². The average molecular weight is 815 g/mol. The van der Waals surface area contributed by atoms with E-state index in [0.717, 1.165) is 48.3 Å². The van der Waals surface area contributed by atoms with Crippen LogP contribution in [0.1, 0.15) is 198 Å². The standard InChI is InChI=1S/C49H98O8/c1-36(2)17-11-19-38(5)21-13-23-40(7)25-15-27-42(9)29-31-54-34-44(35-56-49-48(53)47(52)46(51)45(33-50)57-49)55-32-30-43(10)28-16-26-41(8)24-14-22-39(6)20-12-18-37(3)4/h36-53H,11-35H2,1-10H3/t38?,39?,40?,41?,42?,43?,44-,45+,46+,47-,48+,49?/m0/s1. The molecule has 12 atom stereocenters. The minimum absolute atomic E-state index is 0.106. The average Bonchev–Trinajstić information content (AvgIpc) is 3.14. The summed E-state index contributed by atoms with van der Waals surface area (Å²) in [6, 6.07) is 0. The van der Waals surface area contributed by atoms with Gasteiger partial charge in [-0.2, -0.15) is 0 Å². The molecule has 0 aromatic rings. The summed E-state index contributed by atoms with van der Waals surface area (Å²) in [6.45, 7) is 24.8. The van der Waals surface area contributed by atoms with Gasteiger partial charge in [-0.15, -0.1) is 0 Å². The molecule has 0 aliphatic carbocycles. The van der Waals surface area contributed by atoms with Crippen LogP contribution in [-0.4, -0.2) is 90.3 Å². The maximum Gasteiger partial charge on any atom is 0.186 e. The number of hydrogen-bond donors (Lipinski definition) is 4. The molecule has 0 aromatic heterocycles. The third kappa shape index (κ3) is 28.0. The maximum absolute atomic E-state index is 10.5. The largest absolute Gasteiger partial charge is 0.394 e. The quantitative estimate of drug-likeness (QED) is 0.0458. The predicted octanol–water partition coefficient (Wildman–Crippen LogP) is 11.1. The van der Waals surface area contributed by atoms with Crippen molar-refractivity contribution in [2.45, 2.75) is 234 Å². The zero-order chi connectivity index (χ0) is 42.6. The minimum atomic E-state index is -1.47. The fourth-order valence-electron chi connectivity index (χ4n) is 8.36. The molecule has 0 bridgehead atoms. The van der Waals surface area contributed by atoms with Crippen molar-refractivity contribution in [3.63, 3.8) is 0 Å². The van der Waals surface area contributed by atoms with E-state index in [0.29, 0.717) is 31.7 Å². The van der Waals surface area contributed by atoms with Crippen LogP contribution in [0, 0.1) is 47.3 Å². The highest BCUT2D eigenvalue weighted by Crippen LogP contribution is 2.26. The van der Waals surface area contributed by atoms with E-state index < -0.39 is 37.3 Å². The predicted molar refractivity (Wildman–Crippen MR) is 237 cm³/mol. The summed E-state index contributed by atoms with van der Waals surface area (Å²) in [5.74, 6) is 6.04. The fraction of sp³-hybridized carbons (Fsp3) is 1.00. The highest BCUT2D eigenvalue weighted by atomic mass is 16.7. The SMILES string of the molecule is CC(C)CCCC(C)CCCC(C)CCCC(C)CCOC[C@@H](COC1O[C@H](CO)[C@@H](O)[C@H](O)[C@H]1O)OCCC(C)CCCC(C)CCCC(C)CCCC(C)C. The third-order valence-electron chi connectivity index (χ3n) is 12.8. The van der Waals surface area contributed by atoms with Crippen molar-refractivity contribution in [2.24, 2.45) is 47.3 Å². The Morgan fingerprint density at radius 2 is 0.807 bits per heavy atom. The van der Waals surface area contributed by atoms with Gasteiger partial charge in [-0.05, 0) is 60.2 Å². The Kier molecular flexibility index (Phi) is 32.0. The highest BCUT2D eigenvalue weighted by Gasteiger charge is 2.44. The molecule has 1 saturated heterocycles. The first-order valence-electron chi connectivity index (χ1n) is 24.2. The van der Waals surface area contributed by atoms with Crippen molar-refractivity contribution in [2.75, 3.05) is 33.0 Å². The van der Waals surface area contributed by atoms with Crippen molar-refractivity contribution >= 4 is 0 Å². The molecule has 7 unspecified atom stereocenters. The van der Waals surface area contributed by atoms with Crippen molar-refractivity contribution in [3.8, 4) is 0 Å². The summed E-state index contributed by atoms with van der Waals surface area (Å²) in [5, 5.41) is 40.5. The number of ether oxygens (including phenoxy) is 4. The Balaban J connectivity index is 2.43. The van der Waals surface area contributed by atoms with E-state index >= 15 is 0 Å². The van der Waals surface area contributed by atoms with E-state index in [1.807, 2.05) is 0 Å². The van der Waals surface area contributed by atoms with Crippen molar-refractivity contribution in [1.82, 2.24) is 0 Å². The highest BCUT2D eigenvalue weighted by molar-refractivity contribution is 4.89. The van der Waals surface area contributed by atoms with Gasteiger partial charge in [0.2, 0.25) is 0 Å². The first kappa shape index (κ1) is 54.7. The molecule has 0 spiro atoms. The van der Waals surface area contributed by atoms with Gasteiger partial charge in [0.15, 0.2) is 6.29 Å². The second kappa shape index (κ2) is 33.3. The van der Waals surface area contributed by atoms with Gasteiger partial charge in [-0.25, -0.2) is 0 Å². The maximum atomic E-state index is 10.5. The number of aliphatic hydroxyl groups excluding tert-OH is 4. The van der Waals surface area contributed by atoms with Crippen LogP contribution in [0.3, 0.4) is 0 Å². The second-order valence-corrected chi connectivity index (χ2v) is 20.2. The molecule has 0 aromatic carbocycles. The molecule has 8 heteroatoms. The van der Waals surface area contributed by atoms with E-state index in [1.54, 1.807) is 0 Å². The Labute approximate surface area is 353 Å². The molecule has 0 radical (unpaired) electrons. The molecule has 1 aliphatic rings. The molecule has 57 heavy (non-hydrogen) atoms. The molecule has 8 nitrogen and oxygen atoms in total. The molecule has 4 N–H and O–H groups in total. The number of hydrogen-bond acceptors (Lipinski definition) is 8. The van der Waals surface area contributed by atoms with E-state index in [-0.39, 0.29) is 12.7 Å². The number of aliphatic hydroxyl groups is 4. The zero-order valence-electron chi connectivity index (χ0n) is 39.2. The minimum Gasteiger partial charge on any atom is -0.394 e. The van der Waals surface area contributed by atoms with Crippen LogP contribution in [0.25, 0.3) is 0 Å². The first-order chi connectivity index (χ1) is 27.1. The summed E-state index contributed by atoms with van der Waals surface area (Å²) in [7, 11) is 0. The summed E-state index contributed by atoms with van der Waals surface area (Å²) in [6.07, 6.45) is 18.9. The van der Waals surface area contributed by atoms with Crippen LogP contribution in [0.5, 0.6) is 0 Å². The fourth-order valence-corrected chi connectivity index (χ4v) is 8.36. The lowest BCUT2D eigenvalue weighted by Gasteiger charge is -2.40. The molecular weight excluding hydrogens is 717 g/mol. The van der Waals surface area contributed by atoms with Crippen LogP contribution in [0.15, 0.2) is 0 Å². The molecule has 0 amide bonds. The lowest BCUT2D eigenvalue weighted by atomic mass is 9.91. The van der Waals surface area contributed by atoms with Gasteiger partial charge in [-0.3, -0.25) is 0 Å². The van der Waals surface area contributed by atoms with Crippen LogP contribution in [0.4, 0.5) is 0 Å². The third-order valence-corrected chi connectivity index (χ3v) is 12.8. The first-order valence-corrected chi connectivity index (χ1v) is 24.2. The van der Waals surface area contributed by atoms with E-state index in [1.165, 1.54) is 116 Å². The summed E-state index contributed by atoms with van der Waals surface area (Å²) >= 11 is 0. The molecule has 0 saturated carbocycles. The molecule has 1 aliphatic heterocycles. The molecular formula is C49H98O8. The van der Waals surface area contributed by atoms with Gasteiger partial charge < -0.3 is 39.4 Å². The van der Waals surface area contributed by atoms with Gasteiger partial charge in [0.25, 0.3) is 0 Å². The van der Waals surface area contributed by atoms with E-state index in [4.69, 9.17) is 18.9 Å².